The molecule has 2 aromatic heterocycles. The number of rotatable bonds is 3. The van der Waals surface area contributed by atoms with Crippen molar-refractivity contribution in [2.75, 3.05) is 0 Å². The fourth-order valence-corrected chi connectivity index (χ4v) is 1.90. The molecule has 0 aliphatic rings. The molecule has 4 heteroatoms. The Morgan fingerprint density at radius 3 is 2.59 bits per heavy atom. The Bertz CT molecular complexity index is 497. The van der Waals surface area contributed by atoms with Crippen LogP contribution in [0.15, 0.2) is 24.4 Å². The van der Waals surface area contributed by atoms with Crippen LogP contribution in [0.2, 0.25) is 0 Å². The van der Waals surface area contributed by atoms with E-state index in [1.807, 2.05) is 43.8 Å². The highest BCUT2D eigenvalue weighted by Gasteiger charge is 2.05. The summed E-state index contributed by atoms with van der Waals surface area (Å²) in [6, 6.07) is 6.24. The van der Waals surface area contributed by atoms with Crippen LogP contribution in [0.5, 0.6) is 0 Å². The van der Waals surface area contributed by atoms with Crippen LogP contribution in [-0.4, -0.2) is 20.8 Å². The first-order valence-electron chi connectivity index (χ1n) is 5.80. The Balaban J connectivity index is 2.26. The fraction of sp³-hybridized carbons (Fsp3) is 0.385. The number of nitrogens with zero attached hydrogens (tertiary/aromatic N) is 3. The third-order valence-electron chi connectivity index (χ3n) is 2.59. The van der Waals surface area contributed by atoms with Crippen LogP contribution in [0, 0.1) is 13.8 Å². The van der Waals surface area contributed by atoms with Crippen molar-refractivity contribution in [3.63, 3.8) is 0 Å². The van der Waals surface area contributed by atoms with Crippen molar-refractivity contribution in [1.29, 1.82) is 0 Å². The molecule has 1 unspecified atom stereocenters. The molecule has 0 spiro atoms. The van der Waals surface area contributed by atoms with E-state index in [1.54, 1.807) is 0 Å². The first-order chi connectivity index (χ1) is 8.06. The van der Waals surface area contributed by atoms with E-state index in [0.717, 1.165) is 29.2 Å². The molecule has 90 valence electrons. The zero-order valence-corrected chi connectivity index (χ0v) is 10.5. The summed E-state index contributed by atoms with van der Waals surface area (Å²) in [5.41, 5.74) is 9.01. The highest BCUT2D eigenvalue weighted by molar-refractivity contribution is 5.28. The molecule has 2 heterocycles. The van der Waals surface area contributed by atoms with Crippen LogP contribution in [0.4, 0.5) is 0 Å². The maximum absolute atomic E-state index is 5.76. The van der Waals surface area contributed by atoms with E-state index in [-0.39, 0.29) is 6.04 Å². The quantitative estimate of drug-likeness (QED) is 0.874. The van der Waals surface area contributed by atoms with Crippen LogP contribution in [-0.2, 0) is 6.42 Å². The second kappa shape index (κ2) is 4.67. The van der Waals surface area contributed by atoms with Gasteiger partial charge >= 0.3 is 0 Å². The summed E-state index contributed by atoms with van der Waals surface area (Å²) >= 11 is 0. The minimum Gasteiger partial charge on any atom is -0.328 e. The van der Waals surface area contributed by atoms with Gasteiger partial charge in [0.2, 0.25) is 0 Å². The highest BCUT2D eigenvalue weighted by atomic mass is 15.3. The summed E-state index contributed by atoms with van der Waals surface area (Å²) in [6.07, 6.45) is 2.72. The number of aromatic nitrogens is 3. The fourth-order valence-electron chi connectivity index (χ4n) is 1.90. The van der Waals surface area contributed by atoms with Crippen molar-refractivity contribution in [3.8, 4) is 5.82 Å². The Morgan fingerprint density at radius 2 is 2.12 bits per heavy atom. The average molecular weight is 230 g/mol. The van der Waals surface area contributed by atoms with Crippen LogP contribution < -0.4 is 5.73 Å². The number of aryl methyl sites for hydroxylation is 2. The molecule has 4 nitrogen and oxygen atoms in total. The Labute approximate surface area is 101 Å². The van der Waals surface area contributed by atoms with Crippen LogP contribution in [0.1, 0.15) is 23.9 Å². The standard InChI is InChI=1S/C13H18N4/c1-9(14)6-12-4-5-13(15-8-12)17-11(3)7-10(2)16-17/h4-5,7-9H,6,14H2,1-3H3. The Hall–Kier alpha value is -1.68. The predicted octanol–water partition coefficient (Wildman–Crippen LogP) is 1.77. The number of pyridine rings is 1. The van der Waals surface area contributed by atoms with Crippen LogP contribution in [0.3, 0.4) is 0 Å². The molecular weight excluding hydrogens is 212 g/mol. The largest absolute Gasteiger partial charge is 0.328 e. The van der Waals surface area contributed by atoms with E-state index < -0.39 is 0 Å². The van der Waals surface area contributed by atoms with Gasteiger partial charge in [-0.3, -0.25) is 0 Å². The van der Waals surface area contributed by atoms with Gasteiger partial charge in [0.25, 0.3) is 0 Å². The third-order valence-corrected chi connectivity index (χ3v) is 2.59. The van der Waals surface area contributed by atoms with Gasteiger partial charge in [-0.15, -0.1) is 0 Å². The SMILES string of the molecule is Cc1cc(C)n(-c2ccc(CC(C)N)cn2)n1. The lowest BCUT2D eigenvalue weighted by atomic mass is 10.1. The van der Waals surface area contributed by atoms with Gasteiger partial charge in [-0.2, -0.15) is 5.10 Å². The molecule has 0 fully saturated rings. The molecule has 2 N–H and O–H groups in total. The number of hydrogen-bond donors (Lipinski definition) is 1. The lowest BCUT2D eigenvalue weighted by molar-refractivity contribution is 0.732. The van der Waals surface area contributed by atoms with Crippen molar-refractivity contribution in [1.82, 2.24) is 14.8 Å². The highest BCUT2D eigenvalue weighted by Crippen LogP contribution is 2.10. The topological polar surface area (TPSA) is 56.7 Å². The predicted molar refractivity (Wildman–Crippen MR) is 68.2 cm³/mol. The summed E-state index contributed by atoms with van der Waals surface area (Å²) < 4.78 is 1.85. The van der Waals surface area contributed by atoms with Gasteiger partial charge in [0.05, 0.1) is 5.69 Å². The molecule has 1 atom stereocenters. The molecule has 2 aromatic rings. The normalized spacial score (nSPS) is 12.7. The van der Waals surface area contributed by atoms with Gasteiger partial charge < -0.3 is 5.73 Å². The van der Waals surface area contributed by atoms with E-state index in [0.29, 0.717) is 0 Å². The summed E-state index contributed by atoms with van der Waals surface area (Å²) in [7, 11) is 0. The van der Waals surface area contributed by atoms with Gasteiger partial charge in [-0.1, -0.05) is 6.07 Å². The number of hydrogen-bond acceptors (Lipinski definition) is 3. The molecule has 0 radical (unpaired) electrons. The van der Waals surface area contributed by atoms with Crippen molar-refractivity contribution in [2.45, 2.75) is 33.2 Å². The summed E-state index contributed by atoms with van der Waals surface area (Å²) in [5, 5.41) is 4.40. The molecule has 0 saturated heterocycles. The maximum Gasteiger partial charge on any atom is 0.153 e. The van der Waals surface area contributed by atoms with Crippen molar-refractivity contribution in [2.24, 2.45) is 5.73 Å². The lowest BCUT2D eigenvalue weighted by Crippen LogP contribution is -2.17. The van der Waals surface area contributed by atoms with E-state index in [2.05, 4.69) is 16.1 Å². The van der Waals surface area contributed by atoms with Gasteiger partial charge in [0, 0.05) is 17.9 Å². The lowest BCUT2D eigenvalue weighted by Gasteiger charge is -2.07. The Morgan fingerprint density at radius 1 is 1.35 bits per heavy atom. The third kappa shape index (κ3) is 2.71. The Kier molecular flexibility index (Phi) is 3.24. The zero-order chi connectivity index (χ0) is 12.4. The molecule has 0 aliphatic heterocycles. The van der Waals surface area contributed by atoms with Gasteiger partial charge in [-0.25, -0.2) is 9.67 Å². The molecule has 2 rings (SSSR count). The minimum absolute atomic E-state index is 0.163. The van der Waals surface area contributed by atoms with Crippen LogP contribution in [0.25, 0.3) is 5.82 Å². The van der Waals surface area contributed by atoms with Crippen LogP contribution >= 0.6 is 0 Å². The van der Waals surface area contributed by atoms with Gasteiger partial charge in [0.15, 0.2) is 5.82 Å². The number of nitrogens with two attached hydrogens (primary N) is 1. The minimum atomic E-state index is 0.163. The monoisotopic (exact) mass is 230 g/mol. The molecule has 0 aromatic carbocycles. The smallest absolute Gasteiger partial charge is 0.153 e. The first kappa shape index (κ1) is 11.8. The van der Waals surface area contributed by atoms with E-state index in [4.69, 9.17) is 5.73 Å². The summed E-state index contributed by atoms with van der Waals surface area (Å²) in [4.78, 5) is 4.42. The summed E-state index contributed by atoms with van der Waals surface area (Å²) in [5.74, 6) is 0.851. The zero-order valence-electron chi connectivity index (χ0n) is 10.5. The molecular formula is C13H18N4. The molecule has 0 aliphatic carbocycles. The molecule has 17 heavy (non-hydrogen) atoms. The second-order valence-electron chi connectivity index (χ2n) is 4.54. The van der Waals surface area contributed by atoms with Gasteiger partial charge in [0.1, 0.15) is 0 Å². The maximum atomic E-state index is 5.76. The van der Waals surface area contributed by atoms with Crippen molar-refractivity contribution in [3.05, 3.63) is 41.3 Å². The van der Waals surface area contributed by atoms with Gasteiger partial charge in [-0.05, 0) is 44.9 Å². The van der Waals surface area contributed by atoms with E-state index >= 15 is 0 Å². The van der Waals surface area contributed by atoms with Crippen molar-refractivity contribution >= 4 is 0 Å². The first-order valence-corrected chi connectivity index (χ1v) is 5.80. The summed E-state index contributed by atoms with van der Waals surface area (Å²) in [6.45, 7) is 6.00. The van der Waals surface area contributed by atoms with E-state index in [1.165, 1.54) is 0 Å². The van der Waals surface area contributed by atoms with Crippen molar-refractivity contribution < 1.29 is 0 Å². The molecule has 0 amide bonds. The second-order valence-corrected chi connectivity index (χ2v) is 4.54. The average Bonchev–Trinajstić information content (AvgIpc) is 2.58. The molecule has 0 saturated carbocycles. The van der Waals surface area contributed by atoms with E-state index in [9.17, 15) is 0 Å². The molecule has 0 bridgehead atoms.